The van der Waals surface area contributed by atoms with E-state index >= 15 is 0 Å². The monoisotopic (exact) mass is 406 g/mol. The molecule has 0 fully saturated rings. The zero-order valence-electron chi connectivity index (χ0n) is 14.2. The number of aromatic nitrogens is 1. The van der Waals surface area contributed by atoms with Crippen molar-refractivity contribution in [1.29, 1.82) is 0 Å². The molecule has 3 rings (SSSR count). The number of carbonyl (C=O) groups is 1. The van der Waals surface area contributed by atoms with Crippen molar-refractivity contribution < 1.29 is 4.79 Å². The molecule has 0 saturated carbocycles. The molecule has 1 amide bonds. The maximum atomic E-state index is 13.0. The molecule has 0 aliphatic heterocycles. The van der Waals surface area contributed by atoms with E-state index in [1.807, 2.05) is 37.3 Å². The Hall–Kier alpha value is -1.81. The van der Waals surface area contributed by atoms with E-state index in [0.29, 0.717) is 33.9 Å². The van der Waals surface area contributed by atoms with Crippen LogP contribution in [-0.4, -0.2) is 22.3 Å². The Balaban J connectivity index is 1.93. The van der Waals surface area contributed by atoms with Crippen LogP contribution in [0, 0.1) is 0 Å². The number of amides is 1. The van der Waals surface area contributed by atoms with Crippen molar-refractivity contribution in [1.82, 2.24) is 9.88 Å². The summed E-state index contributed by atoms with van der Waals surface area (Å²) in [5.41, 5.74) is 2.06. The first-order chi connectivity index (χ1) is 12.5. The second-order valence-corrected chi connectivity index (χ2v) is 7.18. The fourth-order valence-electron chi connectivity index (χ4n) is 2.81. The average Bonchev–Trinajstić information content (AvgIpc) is 2.61. The summed E-state index contributed by atoms with van der Waals surface area (Å²) in [5, 5.41) is 2.22. The van der Waals surface area contributed by atoms with Gasteiger partial charge in [0.05, 0.1) is 16.1 Å². The number of nitrogens with zero attached hydrogens (tertiary/aromatic N) is 2. The lowest BCUT2D eigenvalue weighted by Gasteiger charge is -2.23. The highest BCUT2D eigenvalue weighted by molar-refractivity contribution is 6.36. The van der Waals surface area contributed by atoms with E-state index < -0.39 is 0 Å². The van der Waals surface area contributed by atoms with Crippen LogP contribution in [0.4, 0.5) is 0 Å². The molecule has 0 atom stereocenters. The number of hydrogen-bond donors (Lipinski definition) is 0. The van der Waals surface area contributed by atoms with E-state index in [4.69, 9.17) is 34.8 Å². The molecule has 0 saturated heterocycles. The Morgan fingerprint density at radius 1 is 1.08 bits per heavy atom. The van der Waals surface area contributed by atoms with Gasteiger partial charge in [0.2, 0.25) is 0 Å². The van der Waals surface area contributed by atoms with Crippen LogP contribution >= 0.6 is 34.8 Å². The number of carbonyl (C=O) groups excluding carboxylic acids is 1. The van der Waals surface area contributed by atoms with Crippen LogP contribution in [-0.2, 0) is 6.54 Å². The van der Waals surface area contributed by atoms with Crippen molar-refractivity contribution in [2.24, 2.45) is 0 Å². The molecule has 0 radical (unpaired) electrons. The van der Waals surface area contributed by atoms with Gasteiger partial charge in [0.25, 0.3) is 5.91 Å². The van der Waals surface area contributed by atoms with E-state index in [0.717, 1.165) is 22.9 Å². The van der Waals surface area contributed by atoms with E-state index in [9.17, 15) is 4.79 Å². The zero-order valence-corrected chi connectivity index (χ0v) is 16.4. The first kappa shape index (κ1) is 19.0. The number of benzene rings is 2. The molecule has 134 valence electrons. The minimum absolute atomic E-state index is 0.155. The van der Waals surface area contributed by atoms with Crippen molar-refractivity contribution in [2.75, 3.05) is 6.54 Å². The fraction of sp³-hybridized carbons (Fsp3) is 0.200. The van der Waals surface area contributed by atoms with Gasteiger partial charge in [0.1, 0.15) is 5.15 Å². The predicted molar refractivity (Wildman–Crippen MR) is 108 cm³/mol. The minimum atomic E-state index is -0.155. The number of fused-ring (bicyclic) bond motifs is 1. The van der Waals surface area contributed by atoms with Gasteiger partial charge in [0, 0.05) is 29.1 Å². The van der Waals surface area contributed by atoms with Gasteiger partial charge >= 0.3 is 0 Å². The normalized spacial score (nSPS) is 10.9. The number of para-hydroxylation sites is 1. The summed E-state index contributed by atoms with van der Waals surface area (Å²) < 4.78 is 0. The van der Waals surface area contributed by atoms with Crippen molar-refractivity contribution in [3.8, 4) is 0 Å². The Morgan fingerprint density at radius 2 is 1.85 bits per heavy atom. The molecule has 2 aromatic carbocycles. The molecule has 1 aromatic heterocycles. The lowest BCUT2D eigenvalue weighted by Crippen LogP contribution is -2.31. The van der Waals surface area contributed by atoms with Gasteiger partial charge in [-0.15, -0.1) is 0 Å². The van der Waals surface area contributed by atoms with Gasteiger partial charge in [-0.2, -0.15) is 0 Å². The molecule has 0 unspecified atom stereocenters. The highest BCUT2D eigenvalue weighted by Crippen LogP contribution is 2.25. The van der Waals surface area contributed by atoms with Crippen molar-refractivity contribution in [3.05, 3.63) is 74.9 Å². The van der Waals surface area contributed by atoms with Crippen LogP contribution in [0.5, 0.6) is 0 Å². The van der Waals surface area contributed by atoms with E-state index in [1.54, 1.807) is 23.1 Å². The van der Waals surface area contributed by atoms with Crippen molar-refractivity contribution in [2.45, 2.75) is 19.9 Å². The smallest absolute Gasteiger partial charge is 0.255 e. The summed E-state index contributed by atoms with van der Waals surface area (Å²) in [7, 11) is 0. The summed E-state index contributed by atoms with van der Waals surface area (Å²) in [6, 6.07) is 14.6. The Bertz CT molecular complexity index is 959. The lowest BCUT2D eigenvalue weighted by atomic mass is 10.1. The molecule has 6 heteroatoms. The fourth-order valence-corrected chi connectivity index (χ4v) is 3.50. The van der Waals surface area contributed by atoms with Crippen LogP contribution in [0.1, 0.15) is 29.3 Å². The topological polar surface area (TPSA) is 33.2 Å². The molecular weight excluding hydrogens is 391 g/mol. The minimum Gasteiger partial charge on any atom is -0.334 e. The van der Waals surface area contributed by atoms with Gasteiger partial charge in [-0.3, -0.25) is 4.79 Å². The summed E-state index contributed by atoms with van der Waals surface area (Å²) in [5.74, 6) is -0.155. The highest BCUT2D eigenvalue weighted by Gasteiger charge is 2.20. The molecular formula is C20H17Cl3N2O. The van der Waals surface area contributed by atoms with Gasteiger partial charge in [-0.05, 0) is 36.8 Å². The third-order valence-corrected chi connectivity index (χ3v) is 4.93. The average molecular weight is 408 g/mol. The first-order valence-electron chi connectivity index (χ1n) is 8.28. The number of pyridine rings is 1. The first-order valence-corrected chi connectivity index (χ1v) is 9.41. The Labute approximate surface area is 167 Å². The summed E-state index contributed by atoms with van der Waals surface area (Å²) in [6.45, 7) is 2.97. The standard InChI is InChI=1S/C20H17Cl3N2O/c1-2-9-25(20(26)16-8-7-15(21)11-17(16)22)12-14-10-13-5-3-4-6-18(13)24-19(14)23/h3-8,10-11H,2,9,12H2,1H3. The molecule has 0 N–H and O–H groups in total. The summed E-state index contributed by atoms with van der Waals surface area (Å²) >= 11 is 18.5. The molecule has 26 heavy (non-hydrogen) atoms. The van der Waals surface area contributed by atoms with E-state index in [-0.39, 0.29) is 5.91 Å². The predicted octanol–water partition coefficient (Wildman–Crippen LogP) is 6.25. The van der Waals surface area contributed by atoms with Gasteiger partial charge in [0.15, 0.2) is 0 Å². The van der Waals surface area contributed by atoms with Crippen molar-refractivity contribution >= 4 is 51.6 Å². The quantitative estimate of drug-likeness (QED) is 0.468. The van der Waals surface area contributed by atoms with Gasteiger partial charge in [-0.1, -0.05) is 59.9 Å². The second kappa shape index (κ2) is 8.26. The number of rotatable bonds is 5. The van der Waals surface area contributed by atoms with Gasteiger partial charge in [-0.25, -0.2) is 4.98 Å². The van der Waals surface area contributed by atoms with Crippen molar-refractivity contribution in [3.63, 3.8) is 0 Å². The molecule has 0 bridgehead atoms. The highest BCUT2D eigenvalue weighted by atomic mass is 35.5. The van der Waals surface area contributed by atoms with Crippen LogP contribution < -0.4 is 0 Å². The Kier molecular flexibility index (Phi) is 6.02. The maximum Gasteiger partial charge on any atom is 0.255 e. The maximum absolute atomic E-state index is 13.0. The molecule has 3 nitrogen and oxygen atoms in total. The molecule has 0 aliphatic rings. The molecule has 3 aromatic rings. The zero-order chi connectivity index (χ0) is 18.7. The third kappa shape index (κ3) is 4.12. The van der Waals surface area contributed by atoms with Gasteiger partial charge < -0.3 is 4.90 Å². The van der Waals surface area contributed by atoms with Crippen LogP contribution in [0.3, 0.4) is 0 Å². The SMILES string of the molecule is CCCN(Cc1cc2ccccc2nc1Cl)C(=O)c1ccc(Cl)cc1Cl. The molecule has 1 heterocycles. The largest absolute Gasteiger partial charge is 0.334 e. The van der Waals surface area contributed by atoms with Crippen LogP contribution in [0.15, 0.2) is 48.5 Å². The second-order valence-electron chi connectivity index (χ2n) is 5.98. The molecule has 0 aliphatic carbocycles. The molecule has 0 spiro atoms. The summed E-state index contributed by atoms with van der Waals surface area (Å²) in [6.07, 6.45) is 0.815. The van der Waals surface area contributed by atoms with E-state index in [1.165, 1.54) is 0 Å². The third-order valence-electron chi connectivity index (χ3n) is 4.05. The van der Waals surface area contributed by atoms with E-state index in [2.05, 4.69) is 4.98 Å². The Morgan fingerprint density at radius 3 is 2.58 bits per heavy atom. The van der Waals surface area contributed by atoms with Crippen LogP contribution in [0.25, 0.3) is 10.9 Å². The lowest BCUT2D eigenvalue weighted by molar-refractivity contribution is 0.0743. The van der Waals surface area contributed by atoms with Crippen LogP contribution in [0.2, 0.25) is 15.2 Å². The number of hydrogen-bond acceptors (Lipinski definition) is 2. The number of halogens is 3. The summed E-state index contributed by atoms with van der Waals surface area (Å²) in [4.78, 5) is 19.1.